The fourth-order valence-electron chi connectivity index (χ4n) is 2.53. The van der Waals surface area contributed by atoms with Gasteiger partial charge in [0.15, 0.2) is 0 Å². The molecule has 23 heavy (non-hydrogen) atoms. The van der Waals surface area contributed by atoms with E-state index in [1.54, 1.807) is 48.5 Å². The van der Waals surface area contributed by atoms with Crippen molar-refractivity contribution in [3.63, 3.8) is 0 Å². The lowest BCUT2D eigenvalue weighted by Crippen LogP contribution is -2.16. The lowest BCUT2D eigenvalue weighted by molar-refractivity contribution is 0.0602. The van der Waals surface area contributed by atoms with Crippen LogP contribution in [0, 0.1) is 0 Å². The summed E-state index contributed by atoms with van der Waals surface area (Å²) in [5.74, 6) is -0.710. The highest BCUT2D eigenvalue weighted by molar-refractivity contribution is 7.89. The van der Waals surface area contributed by atoms with Crippen molar-refractivity contribution >= 4 is 26.9 Å². The smallest absolute Gasteiger partial charge is 0.340 e. The van der Waals surface area contributed by atoms with Crippen LogP contribution >= 0.6 is 0 Å². The number of benzene rings is 2. The summed E-state index contributed by atoms with van der Waals surface area (Å²) in [4.78, 5) is 11.9. The molecule has 6 heteroatoms. The Kier molecular flexibility index (Phi) is 3.92. The van der Waals surface area contributed by atoms with Gasteiger partial charge in [-0.3, -0.25) is 0 Å². The van der Waals surface area contributed by atoms with Gasteiger partial charge in [0.1, 0.15) is 0 Å². The summed E-state index contributed by atoms with van der Waals surface area (Å²) in [6.07, 6.45) is 1.47. The van der Waals surface area contributed by atoms with E-state index < -0.39 is 16.0 Å². The van der Waals surface area contributed by atoms with E-state index in [9.17, 15) is 13.2 Å². The number of methoxy groups -OCH3 is 1. The average molecular weight is 329 g/mol. The largest absolute Gasteiger partial charge is 0.465 e. The van der Waals surface area contributed by atoms with Crippen LogP contribution in [0.15, 0.2) is 60.8 Å². The second-order valence-corrected chi connectivity index (χ2v) is 6.93. The van der Waals surface area contributed by atoms with Crippen LogP contribution in [0.4, 0.5) is 0 Å². The van der Waals surface area contributed by atoms with E-state index in [0.717, 1.165) is 3.97 Å². The molecule has 0 fully saturated rings. The monoisotopic (exact) mass is 329 g/mol. The maximum absolute atomic E-state index is 12.8. The zero-order valence-electron chi connectivity index (χ0n) is 12.5. The van der Waals surface area contributed by atoms with Gasteiger partial charge in [-0.2, -0.15) is 0 Å². The van der Waals surface area contributed by atoms with Crippen LogP contribution in [0.25, 0.3) is 10.9 Å². The minimum Gasteiger partial charge on any atom is -0.465 e. The molecule has 0 saturated heterocycles. The van der Waals surface area contributed by atoms with Crippen molar-refractivity contribution in [1.29, 1.82) is 0 Å². The third-order valence-corrected chi connectivity index (χ3v) is 5.18. The molecule has 0 unspecified atom stereocenters. The molecule has 0 saturated carbocycles. The number of hydrogen-bond acceptors (Lipinski definition) is 4. The predicted molar refractivity (Wildman–Crippen MR) is 87.7 cm³/mol. The molecule has 3 aromatic rings. The second kappa shape index (κ2) is 5.89. The summed E-state index contributed by atoms with van der Waals surface area (Å²) < 4.78 is 31.4. The number of nitrogens with zero attached hydrogens (tertiary/aromatic N) is 1. The Labute approximate surface area is 134 Å². The molecule has 2 aromatic carbocycles. The third-order valence-electron chi connectivity index (χ3n) is 3.57. The van der Waals surface area contributed by atoms with Gasteiger partial charge in [-0.05, 0) is 17.7 Å². The van der Waals surface area contributed by atoms with Gasteiger partial charge in [0.05, 0.1) is 23.9 Å². The number of hydrogen-bond donors (Lipinski definition) is 0. The van der Waals surface area contributed by atoms with Gasteiger partial charge in [-0.25, -0.2) is 17.2 Å². The molecule has 0 spiro atoms. The molecule has 0 aliphatic carbocycles. The van der Waals surface area contributed by atoms with Crippen molar-refractivity contribution in [2.24, 2.45) is 0 Å². The van der Waals surface area contributed by atoms with Crippen LogP contribution in [0.3, 0.4) is 0 Å². The van der Waals surface area contributed by atoms with Crippen LogP contribution in [-0.4, -0.2) is 25.5 Å². The van der Waals surface area contributed by atoms with E-state index in [1.807, 2.05) is 6.07 Å². The molecule has 1 aromatic heterocycles. The van der Waals surface area contributed by atoms with E-state index in [1.165, 1.54) is 13.3 Å². The van der Waals surface area contributed by atoms with Gasteiger partial charge in [0.25, 0.3) is 0 Å². The van der Waals surface area contributed by atoms with Crippen molar-refractivity contribution in [2.75, 3.05) is 7.11 Å². The number of aromatic nitrogens is 1. The molecule has 5 nitrogen and oxygen atoms in total. The molecule has 0 aliphatic rings. The number of rotatable bonds is 4. The highest BCUT2D eigenvalue weighted by Gasteiger charge is 2.21. The van der Waals surface area contributed by atoms with Gasteiger partial charge >= 0.3 is 5.97 Å². The topological polar surface area (TPSA) is 65.4 Å². The Morgan fingerprint density at radius 2 is 1.78 bits per heavy atom. The van der Waals surface area contributed by atoms with Gasteiger partial charge in [-0.1, -0.05) is 42.5 Å². The van der Waals surface area contributed by atoms with E-state index in [2.05, 4.69) is 0 Å². The fourth-order valence-corrected chi connectivity index (χ4v) is 4.01. The second-order valence-electron chi connectivity index (χ2n) is 5.09. The van der Waals surface area contributed by atoms with E-state index >= 15 is 0 Å². The number of ether oxygens (including phenoxy) is 1. The molecule has 0 aliphatic heterocycles. The number of carbonyl (C=O) groups excluding carboxylic acids is 1. The summed E-state index contributed by atoms with van der Waals surface area (Å²) in [5.41, 5.74) is 1.26. The maximum atomic E-state index is 12.8. The Morgan fingerprint density at radius 1 is 1.04 bits per heavy atom. The molecule has 0 amide bonds. The standard InChI is InChI=1S/C17H15NO4S/c1-22-17(19)15-9-5-8-14-10-11-18(16(14)15)23(20,21)12-13-6-3-2-4-7-13/h2-11H,12H2,1H3. The number of fused-ring (bicyclic) bond motifs is 1. The van der Waals surface area contributed by atoms with Crippen molar-refractivity contribution in [3.8, 4) is 0 Å². The summed E-state index contributed by atoms with van der Waals surface area (Å²) in [5, 5.41) is 0.671. The van der Waals surface area contributed by atoms with Gasteiger partial charge in [0.2, 0.25) is 10.0 Å². The summed E-state index contributed by atoms with van der Waals surface area (Å²) in [6, 6.07) is 15.6. The normalized spacial score (nSPS) is 11.5. The first kappa shape index (κ1) is 15.3. The van der Waals surface area contributed by atoms with Crippen molar-refractivity contribution in [3.05, 3.63) is 71.9 Å². The zero-order chi connectivity index (χ0) is 16.4. The van der Waals surface area contributed by atoms with Gasteiger partial charge in [0, 0.05) is 11.6 Å². The molecular formula is C17H15NO4S. The summed E-state index contributed by atoms with van der Waals surface area (Å²) in [6.45, 7) is 0. The van der Waals surface area contributed by atoms with E-state index in [4.69, 9.17) is 4.74 Å². The molecule has 0 N–H and O–H groups in total. The highest BCUT2D eigenvalue weighted by atomic mass is 32.2. The quantitative estimate of drug-likeness (QED) is 0.690. The first-order valence-corrected chi connectivity index (χ1v) is 8.59. The minimum absolute atomic E-state index is 0.146. The van der Waals surface area contributed by atoms with Crippen molar-refractivity contribution in [2.45, 2.75) is 5.75 Å². The highest BCUT2D eigenvalue weighted by Crippen LogP contribution is 2.24. The third kappa shape index (κ3) is 2.85. The van der Waals surface area contributed by atoms with Gasteiger partial charge < -0.3 is 4.74 Å². The van der Waals surface area contributed by atoms with Crippen LogP contribution in [-0.2, 0) is 20.5 Å². The predicted octanol–water partition coefficient (Wildman–Crippen LogP) is 2.81. The molecule has 0 atom stereocenters. The zero-order valence-corrected chi connectivity index (χ0v) is 13.3. The number of para-hydroxylation sites is 1. The van der Waals surface area contributed by atoms with E-state index in [-0.39, 0.29) is 11.3 Å². The molecule has 0 bridgehead atoms. The van der Waals surface area contributed by atoms with Crippen molar-refractivity contribution in [1.82, 2.24) is 3.97 Å². The fraction of sp³-hybridized carbons (Fsp3) is 0.118. The lowest BCUT2D eigenvalue weighted by Gasteiger charge is -2.10. The molecular weight excluding hydrogens is 314 g/mol. The van der Waals surface area contributed by atoms with Crippen LogP contribution < -0.4 is 0 Å². The Hall–Kier alpha value is -2.60. The van der Waals surface area contributed by atoms with Gasteiger partial charge in [-0.15, -0.1) is 0 Å². The lowest BCUT2D eigenvalue weighted by atomic mass is 10.1. The van der Waals surface area contributed by atoms with Crippen molar-refractivity contribution < 1.29 is 17.9 Å². The minimum atomic E-state index is -3.65. The Balaban J connectivity index is 2.14. The Morgan fingerprint density at radius 3 is 2.48 bits per heavy atom. The average Bonchev–Trinajstić information content (AvgIpc) is 2.99. The van der Waals surface area contributed by atoms with Crippen LogP contribution in [0.2, 0.25) is 0 Å². The first-order valence-electron chi connectivity index (χ1n) is 6.98. The summed E-state index contributed by atoms with van der Waals surface area (Å²) in [7, 11) is -2.38. The Bertz CT molecular complexity index is 959. The first-order chi connectivity index (χ1) is 11.0. The summed E-state index contributed by atoms with van der Waals surface area (Å²) >= 11 is 0. The van der Waals surface area contributed by atoms with Crippen LogP contribution in [0.5, 0.6) is 0 Å². The van der Waals surface area contributed by atoms with E-state index in [0.29, 0.717) is 16.5 Å². The molecule has 3 rings (SSSR count). The SMILES string of the molecule is COC(=O)c1cccc2ccn(S(=O)(=O)Cc3ccccc3)c12. The molecule has 0 radical (unpaired) electrons. The maximum Gasteiger partial charge on any atom is 0.340 e. The number of esters is 1. The molecule has 1 heterocycles. The van der Waals surface area contributed by atoms with Crippen LogP contribution in [0.1, 0.15) is 15.9 Å². The molecule has 118 valence electrons. The number of carbonyl (C=O) groups is 1.